The highest BCUT2D eigenvalue weighted by atomic mass is 32.1. The lowest BCUT2D eigenvalue weighted by Gasteiger charge is -2.27. The van der Waals surface area contributed by atoms with E-state index in [9.17, 15) is 4.79 Å². The molecular weight excluding hydrogens is 362 g/mol. The van der Waals surface area contributed by atoms with Crippen LogP contribution in [0.3, 0.4) is 0 Å². The normalized spacial score (nSPS) is 16.9. The molecule has 0 atom stereocenters. The van der Waals surface area contributed by atoms with Crippen LogP contribution >= 0.6 is 11.3 Å². The number of ether oxygens (including phenoxy) is 2. The summed E-state index contributed by atoms with van der Waals surface area (Å²) in [5, 5.41) is 6.39. The van der Waals surface area contributed by atoms with Gasteiger partial charge in [0.1, 0.15) is 13.2 Å². The smallest absolute Gasteiger partial charge is 0.261 e. The summed E-state index contributed by atoms with van der Waals surface area (Å²) in [6, 6.07) is 9.80. The van der Waals surface area contributed by atoms with Crippen molar-refractivity contribution in [2.75, 3.05) is 52.5 Å². The summed E-state index contributed by atoms with van der Waals surface area (Å²) in [5.74, 6) is 1.55. The van der Waals surface area contributed by atoms with E-state index >= 15 is 0 Å². The van der Waals surface area contributed by atoms with Gasteiger partial charge >= 0.3 is 0 Å². The number of hydrogen-bond acceptors (Lipinski definition) is 6. The van der Waals surface area contributed by atoms with E-state index in [1.54, 1.807) is 0 Å². The van der Waals surface area contributed by atoms with Crippen molar-refractivity contribution in [1.29, 1.82) is 0 Å². The minimum atomic E-state index is 0.00380. The predicted molar refractivity (Wildman–Crippen MR) is 107 cm³/mol. The Labute approximate surface area is 163 Å². The number of nitrogens with zero attached hydrogens (tertiary/aromatic N) is 1. The Morgan fingerprint density at radius 3 is 2.78 bits per heavy atom. The second-order valence-electron chi connectivity index (χ2n) is 6.72. The third-order valence-corrected chi connectivity index (χ3v) is 5.94. The maximum Gasteiger partial charge on any atom is 0.261 e. The van der Waals surface area contributed by atoms with Crippen LogP contribution in [-0.2, 0) is 0 Å². The van der Waals surface area contributed by atoms with Gasteiger partial charge in [-0.1, -0.05) is 0 Å². The van der Waals surface area contributed by atoms with Crippen LogP contribution in [-0.4, -0.2) is 63.3 Å². The quantitative estimate of drug-likeness (QED) is 0.744. The molecule has 1 saturated heterocycles. The third-order valence-electron chi connectivity index (χ3n) is 4.80. The number of fused-ring (bicyclic) bond motifs is 1. The average molecular weight is 388 g/mol. The van der Waals surface area contributed by atoms with Gasteiger partial charge in [-0.15, -0.1) is 11.3 Å². The lowest BCUT2D eigenvalue weighted by Crippen LogP contribution is -2.44. The van der Waals surface area contributed by atoms with Crippen molar-refractivity contribution < 1.29 is 14.3 Å². The van der Waals surface area contributed by atoms with E-state index < -0.39 is 0 Å². The van der Waals surface area contributed by atoms with Crippen molar-refractivity contribution in [3.05, 3.63) is 35.2 Å². The van der Waals surface area contributed by atoms with E-state index in [2.05, 4.69) is 15.5 Å². The standard InChI is InChI=1S/C20H25N3O3S/c24-20(22-6-1-9-23-10-7-21-8-11-23)19-5-4-18(27-19)15-2-3-16-17(14-15)26-13-12-25-16/h2-5,14,21H,1,6-13H2,(H,22,24). The third kappa shape index (κ3) is 4.61. The van der Waals surface area contributed by atoms with Crippen LogP contribution in [0.4, 0.5) is 0 Å². The highest BCUT2D eigenvalue weighted by Gasteiger charge is 2.15. The summed E-state index contributed by atoms with van der Waals surface area (Å²) in [4.78, 5) is 16.6. The molecular formula is C20H25N3O3S. The summed E-state index contributed by atoms with van der Waals surface area (Å²) < 4.78 is 11.2. The molecule has 1 aromatic heterocycles. The molecule has 2 aliphatic heterocycles. The zero-order valence-corrected chi connectivity index (χ0v) is 16.1. The zero-order valence-electron chi connectivity index (χ0n) is 15.3. The van der Waals surface area contributed by atoms with Crippen molar-refractivity contribution >= 4 is 17.2 Å². The number of thiophene rings is 1. The summed E-state index contributed by atoms with van der Waals surface area (Å²) in [5.41, 5.74) is 1.04. The van der Waals surface area contributed by atoms with E-state index in [4.69, 9.17) is 9.47 Å². The van der Waals surface area contributed by atoms with Gasteiger partial charge in [-0.2, -0.15) is 0 Å². The average Bonchev–Trinajstić information content (AvgIpc) is 3.22. The largest absolute Gasteiger partial charge is 0.486 e. The van der Waals surface area contributed by atoms with Gasteiger partial charge in [0, 0.05) is 37.6 Å². The molecule has 3 heterocycles. The number of benzene rings is 1. The molecule has 144 valence electrons. The van der Waals surface area contributed by atoms with Crippen LogP contribution < -0.4 is 20.1 Å². The molecule has 2 aromatic rings. The van der Waals surface area contributed by atoms with Gasteiger partial charge < -0.3 is 25.0 Å². The Morgan fingerprint density at radius 1 is 1.11 bits per heavy atom. The SMILES string of the molecule is O=C(NCCCN1CCNCC1)c1ccc(-c2ccc3c(c2)OCCO3)s1. The second kappa shape index (κ2) is 8.73. The summed E-state index contributed by atoms with van der Waals surface area (Å²) in [6.45, 7) is 7.21. The van der Waals surface area contributed by atoms with Crippen LogP contribution in [0, 0.1) is 0 Å². The fraction of sp³-hybridized carbons (Fsp3) is 0.450. The molecule has 1 amide bonds. The fourth-order valence-electron chi connectivity index (χ4n) is 3.34. The van der Waals surface area contributed by atoms with Gasteiger partial charge in [-0.3, -0.25) is 4.79 Å². The molecule has 6 nitrogen and oxygen atoms in total. The Balaban J connectivity index is 1.30. The molecule has 0 aliphatic carbocycles. The molecule has 0 saturated carbocycles. The van der Waals surface area contributed by atoms with E-state index in [0.29, 0.717) is 19.8 Å². The lowest BCUT2D eigenvalue weighted by atomic mass is 10.1. The van der Waals surface area contributed by atoms with Crippen molar-refractivity contribution in [2.24, 2.45) is 0 Å². The molecule has 0 spiro atoms. The van der Waals surface area contributed by atoms with E-state index in [1.165, 1.54) is 11.3 Å². The number of hydrogen-bond donors (Lipinski definition) is 2. The first-order valence-electron chi connectivity index (χ1n) is 9.51. The summed E-state index contributed by atoms with van der Waals surface area (Å²) in [7, 11) is 0. The molecule has 0 radical (unpaired) electrons. The Hall–Kier alpha value is -2.09. The summed E-state index contributed by atoms with van der Waals surface area (Å²) in [6.07, 6.45) is 0.978. The number of amides is 1. The fourth-order valence-corrected chi connectivity index (χ4v) is 4.26. The molecule has 1 aromatic carbocycles. The van der Waals surface area contributed by atoms with E-state index in [0.717, 1.165) is 66.0 Å². The lowest BCUT2D eigenvalue weighted by molar-refractivity contribution is 0.0955. The molecule has 1 fully saturated rings. The number of carbonyl (C=O) groups excluding carboxylic acids is 1. The Kier molecular flexibility index (Phi) is 5.91. The minimum absolute atomic E-state index is 0.00380. The van der Waals surface area contributed by atoms with Gasteiger partial charge in [0.15, 0.2) is 11.5 Å². The van der Waals surface area contributed by atoms with Crippen LogP contribution in [0.25, 0.3) is 10.4 Å². The number of rotatable bonds is 6. The molecule has 7 heteroatoms. The summed E-state index contributed by atoms with van der Waals surface area (Å²) >= 11 is 1.50. The van der Waals surface area contributed by atoms with Gasteiger partial charge in [-0.05, 0) is 48.9 Å². The maximum absolute atomic E-state index is 12.4. The number of carbonyl (C=O) groups is 1. The van der Waals surface area contributed by atoms with Crippen LogP contribution in [0.5, 0.6) is 11.5 Å². The Bertz CT molecular complexity index is 787. The predicted octanol–water partition coefficient (Wildman–Crippen LogP) is 2.21. The Morgan fingerprint density at radius 2 is 1.93 bits per heavy atom. The van der Waals surface area contributed by atoms with Gasteiger partial charge in [0.05, 0.1) is 4.88 Å². The highest BCUT2D eigenvalue weighted by molar-refractivity contribution is 7.17. The van der Waals surface area contributed by atoms with E-state index in [-0.39, 0.29) is 5.91 Å². The van der Waals surface area contributed by atoms with Crippen LogP contribution in [0.15, 0.2) is 30.3 Å². The van der Waals surface area contributed by atoms with Crippen LogP contribution in [0.2, 0.25) is 0 Å². The van der Waals surface area contributed by atoms with Crippen molar-refractivity contribution in [3.8, 4) is 21.9 Å². The second-order valence-corrected chi connectivity index (χ2v) is 7.81. The maximum atomic E-state index is 12.4. The first kappa shape index (κ1) is 18.3. The molecule has 2 N–H and O–H groups in total. The molecule has 27 heavy (non-hydrogen) atoms. The monoisotopic (exact) mass is 387 g/mol. The van der Waals surface area contributed by atoms with Gasteiger partial charge in [-0.25, -0.2) is 0 Å². The van der Waals surface area contributed by atoms with E-state index in [1.807, 2.05) is 30.3 Å². The molecule has 0 unspecified atom stereocenters. The van der Waals surface area contributed by atoms with Crippen molar-refractivity contribution in [1.82, 2.24) is 15.5 Å². The number of nitrogens with one attached hydrogen (secondary N) is 2. The zero-order chi connectivity index (χ0) is 18.5. The first-order chi connectivity index (χ1) is 13.3. The van der Waals surface area contributed by atoms with Gasteiger partial charge in [0.2, 0.25) is 0 Å². The molecule has 2 aliphatic rings. The first-order valence-corrected chi connectivity index (χ1v) is 10.3. The highest BCUT2D eigenvalue weighted by Crippen LogP contribution is 2.36. The molecule has 4 rings (SSSR count). The topological polar surface area (TPSA) is 62.8 Å². The van der Waals surface area contributed by atoms with Crippen molar-refractivity contribution in [3.63, 3.8) is 0 Å². The van der Waals surface area contributed by atoms with Gasteiger partial charge in [0.25, 0.3) is 5.91 Å². The van der Waals surface area contributed by atoms with Crippen molar-refractivity contribution in [2.45, 2.75) is 6.42 Å². The number of piperazine rings is 1. The minimum Gasteiger partial charge on any atom is -0.486 e. The van der Waals surface area contributed by atoms with Crippen LogP contribution in [0.1, 0.15) is 16.1 Å². The molecule has 0 bridgehead atoms.